The van der Waals surface area contributed by atoms with Gasteiger partial charge in [0.1, 0.15) is 0 Å². The van der Waals surface area contributed by atoms with Crippen molar-refractivity contribution >= 4 is 11.8 Å². The summed E-state index contributed by atoms with van der Waals surface area (Å²) in [7, 11) is 1.78. The van der Waals surface area contributed by atoms with Gasteiger partial charge in [-0.15, -0.1) is 0 Å². The van der Waals surface area contributed by atoms with Crippen LogP contribution in [0.25, 0.3) is 0 Å². The zero-order chi connectivity index (χ0) is 17.1. The average molecular weight is 332 g/mol. The Hall–Kier alpha value is -1.06. The summed E-state index contributed by atoms with van der Waals surface area (Å²) in [5, 5.41) is 6.20. The van der Waals surface area contributed by atoms with Gasteiger partial charge in [-0.1, -0.05) is 13.8 Å². The third-order valence-corrected chi connectivity index (χ3v) is 8.66. The second-order valence-electron chi connectivity index (χ2n) is 9.37. The Morgan fingerprint density at radius 2 is 1.79 bits per heavy atom. The molecule has 3 aliphatic carbocycles. The molecule has 3 saturated carbocycles. The van der Waals surface area contributed by atoms with E-state index in [1.54, 1.807) is 7.05 Å². The summed E-state index contributed by atoms with van der Waals surface area (Å²) in [6.07, 6.45) is 8.77. The SMILES string of the molecule is CNC(=O)C1CCC2C3CCC4NC(=O)CCC4(C)C3CCC12C. The van der Waals surface area contributed by atoms with Crippen molar-refractivity contribution < 1.29 is 9.59 Å². The van der Waals surface area contributed by atoms with Gasteiger partial charge in [-0.2, -0.15) is 0 Å². The summed E-state index contributed by atoms with van der Waals surface area (Å²) in [6, 6.07) is 0.375. The molecule has 4 heteroatoms. The molecule has 1 heterocycles. The first kappa shape index (κ1) is 16.4. The van der Waals surface area contributed by atoms with E-state index < -0.39 is 0 Å². The van der Waals surface area contributed by atoms with Crippen LogP contribution in [0.2, 0.25) is 0 Å². The molecule has 1 aliphatic heterocycles. The highest BCUT2D eigenvalue weighted by Crippen LogP contribution is 2.65. The Labute approximate surface area is 145 Å². The molecule has 7 unspecified atom stereocenters. The maximum Gasteiger partial charge on any atom is 0.223 e. The predicted octanol–water partition coefficient (Wildman–Crippen LogP) is 2.87. The molecule has 2 N–H and O–H groups in total. The Morgan fingerprint density at radius 3 is 2.54 bits per heavy atom. The van der Waals surface area contributed by atoms with Gasteiger partial charge in [-0.3, -0.25) is 9.59 Å². The van der Waals surface area contributed by atoms with Gasteiger partial charge in [-0.05, 0) is 73.5 Å². The quantitative estimate of drug-likeness (QED) is 0.776. The molecule has 0 bridgehead atoms. The minimum atomic E-state index is 0.183. The molecule has 24 heavy (non-hydrogen) atoms. The van der Waals surface area contributed by atoms with Gasteiger partial charge in [-0.25, -0.2) is 0 Å². The molecule has 4 nitrogen and oxygen atoms in total. The minimum Gasteiger partial charge on any atom is -0.359 e. The van der Waals surface area contributed by atoms with Crippen molar-refractivity contribution in [2.45, 2.75) is 71.3 Å². The lowest BCUT2D eigenvalue weighted by molar-refractivity contribution is -0.141. The number of carbonyl (C=O) groups is 2. The van der Waals surface area contributed by atoms with Crippen LogP contribution in [0.5, 0.6) is 0 Å². The maximum absolute atomic E-state index is 12.4. The lowest BCUT2D eigenvalue weighted by atomic mass is 9.47. The molecule has 2 amide bonds. The first-order chi connectivity index (χ1) is 11.4. The highest BCUT2D eigenvalue weighted by molar-refractivity contribution is 5.79. The minimum absolute atomic E-state index is 0.183. The van der Waals surface area contributed by atoms with Crippen LogP contribution >= 0.6 is 0 Å². The van der Waals surface area contributed by atoms with Gasteiger partial charge in [0.25, 0.3) is 0 Å². The normalized spacial score (nSPS) is 50.3. The second kappa shape index (κ2) is 5.47. The summed E-state index contributed by atoms with van der Waals surface area (Å²) in [4.78, 5) is 24.3. The van der Waals surface area contributed by atoms with Gasteiger partial charge in [0.2, 0.25) is 11.8 Å². The van der Waals surface area contributed by atoms with Crippen molar-refractivity contribution in [3.8, 4) is 0 Å². The van der Waals surface area contributed by atoms with Crippen LogP contribution in [0.4, 0.5) is 0 Å². The Morgan fingerprint density at radius 1 is 1.04 bits per heavy atom. The molecular weight excluding hydrogens is 300 g/mol. The number of amides is 2. The maximum atomic E-state index is 12.4. The largest absolute Gasteiger partial charge is 0.359 e. The summed E-state index contributed by atoms with van der Waals surface area (Å²) in [5.74, 6) is 2.85. The first-order valence-electron chi connectivity index (χ1n) is 9.91. The smallest absolute Gasteiger partial charge is 0.223 e. The molecule has 0 spiro atoms. The van der Waals surface area contributed by atoms with Crippen LogP contribution in [0.15, 0.2) is 0 Å². The van der Waals surface area contributed by atoms with Gasteiger partial charge < -0.3 is 10.6 Å². The Kier molecular flexibility index (Phi) is 3.74. The number of hydrogen-bond acceptors (Lipinski definition) is 2. The van der Waals surface area contributed by atoms with Crippen molar-refractivity contribution in [3.63, 3.8) is 0 Å². The standard InChI is InChI=1S/C20H32N2O2/c1-19-10-8-14-12(13(19)5-6-15(19)18(24)21-3)4-7-16-20(14,2)11-9-17(23)22-16/h12-16H,4-11H2,1-3H3,(H,21,24)(H,22,23). The molecule has 4 fully saturated rings. The molecule has 1 saturated heterocycles. The van der Waals surface area contributed by atoms with Gasteiger partial charge in [0.05, 0.1) is 0 Å². The molecule has 134 valence electrons. The van der Waals surface area contributed by atoms with E-state index in [4.69, 9.17) is 0 Å². The number of carbonyl (C=O) groups excluding carboxylic acids is 2. The van der Waals surface area contributed by atoms with E-state index in [1.165, 1.54) is 25.7 Å². The number of nitrogens with one attached hydrogen (secondary N) is 2. The summed E-state index contributed by atoms with van der Waals surface area (Å²) < 4.78 is 0. The van der Waals surface area contributed by atoms with Crippen molar-refractivity contribution in [2.24, 2.45) is 34.5 Å². The molecular formula is C20H32N2O2. The van der Waals surface area contributed by atoms with Crippen molar-refractivity contribution in [3.05, 3.63) is 0 Å². The lowest BCUT2D eigenvalue weighted by Crippen LogP contribution is -2.61. The third-order valence-electron chi connectivity index (χ3n) is 8.66. The average Bonchev–Trinajstić information content (AvgIpc) is 2.92. The van der Waals surface area contributed by atoms with Gasteiger partial charge in [0.15, 0.2) is 0 Å². The molecule has 0 aromatic heterocycles. The second-order valence-corrected chi connectivity index (χ2v) is 9.37. The Bertz CT molecular complexity index is 562. The van der Waals surface area contributed by atoms with E-state index in [2.05, 4.69) is 24.5 Å². The highest BCUT2D eigenvalue weighted by atomic mass is 16.2. The van der Waals surface area contributed by atoms with Crippen molar-refractivity contribution in [1.29, 1.82) is 0 Å². The van der Waals surface area contributed by atoms with E-state index in [1.807, 2.05) is 0 Å². The van der Waals surface area contributed by atoms with E-state index in [-0.39, 0.29) is 28.6 Å². The van der Waals surface area contributed by atoms with Crippen molar-refractivity contribution in [2.75, 3.05) is 7.05 Å². The van der Waals surface area contributed by atoms with Crippen LogP contribution in [-0.4, -0.2) is 24.9 Å². The molecule has 4 rings (SSSR count). The Balaban J connectivity index is 1.61. The van der Waals surface area contributed by atoms with Crippen LogP contribution in [0.3, 0.4) is 0 Å². The van der Waals surface area contributed by atoms with Crippen LogP contribution in [0.1, 0.15) is 65.2 Å². The monoisotopic (exact) mass is 332 g/mol. The molecule has 0 aromatic rings. The predicted molar refractivity (Wildman–Crippen MR) is 93.1 cm³/mol. The molecule has 4 aliphatic rings. The zero-order valence-electron chi connectivity index (χ0n) is 15.4. The fourth-order valence-electron chi connectivity index (χ4n) is 7.31. The lowest BCUT2D eigenvalue weighted by Gasteiger charge is -2.60. The van der Waals surface area contributed by atoms with Crippen LogP contribution in [0, 0.1) is 34.5 Å². The van der Waals surface area contributed by atoms with Crippen molar-refractivity contribution in [1.82, 2.24) is 10.6 Å². The number of piperidine rings is 1. The molecule has 7 atom stereocenters. The summed E-state index contributed by atoms with van der Waals surface area (Å²) in [6.45, 7) is 4.82. The van der Waals surface area contributed by atoms with E-state index in [9.17, 15) is 9.59 Å². The summed E-state index contributed by atoms with van der Waals surface area (Å²) in [5.41, 5.74) is 0.450. The molecule has 0 aromatic carbocycles. The third kappa shape index (κ3) is 2.10. The number of hydrogen-bond donors (Lipinski definition) is 2. The zero-order valence-corrected chi connectivity index (χ0v) is 15.4. The van der Waals surface area contributed by atoms with Crippen LogP contribution < -0.4 is 10.6 Å². The fourth-order valence-corrected chi connectivity index (χ4v) is 7.31. The van der Waals surface area contributed by atoms with E-state index in [0.717, 1.165) is 31.1 Å². The van der Waals surface area contributed by atoms with E-state index in [0.29, 0.717) is 18.4 Å². The van der Waals surface area contributed by atoms with E-state index >= 15 is 0 Å². The topological polar surface area (TPSA) is 58.2 Å². The highest BCUT2D eigenvalue weighted by Gasteiger charge is 2.61. The fraction of sp³-hybridized carbons (Fsp3) is 0.900. The van der Waals surface area contributed by atoms with Gasteiger partial charge >= 0.3 is 0 Å². The number of rotatable bonds is 1. The molecule has 0 radical (unpaired) electrons. The number of fused-ring (bicyclic) bond motifs is 5. The van der Waals surface area contributed by atoms with Gasteiger partial charge in [0, 0.05) is 25.4 Å². The first-order valence-corrected chi connectivity index (χ1v) is 9.91. The van der Waals surface area contributed by atoms with Crippen LogP contribution in [-0.2, 0) is 9.59 Å². The summed E-state index contributed by atoms with van der Waals surface area (Å²) >= 11 is 0.